The molecule has 0 fully saturated rings. The third-order valence-electron chi connectivity index (χ3n) is 4.32. The van der Waals surface area contributed by atoms with Crippen LogP contribution in [0.2, 0.25) is 0 Å². The standard InChI is InChI=1S/C18H28N6OS.HI/c1-4-14-7-8-15(26-14)10-20-18(19-5-2)21-13-6-9-17-22-16(12-25-3)23-24(17)11-13;/h7-8,13H,4-6,9-12H2,1-3H3,(H2,19,20,21);1H. The lowest BCUT2D eigenvalue weighted by atomic mass is 10.1. The topological polar surface area (TPSA) is 76.4 Å². The van der Waals surface area contributed by atoms with Crippen LogP contribution >= 0.6 is 35.3 Å². The van der Waals surface area contributed by atoms with Crippen LogP contribution in [0.5, 0.6) is 0 Å². The van der Waals surface area contributed by atoms with Gasteiger partial charge in [-0.25, -0.2) is 14.7 Å². The van der Waals surface area contributed by atoms with Gasteiger partial charge in [-0.3, -0.25) is 0 Å². The lowest BCUT2D eigenvalue weighted by Crippen LogP contribution is -2.47. The first-order valence-electron chi connectivity index (χ1n) is 9.25. The first-order chi connectivity index (χ1) is 12.7. The third kappa shape index (κ3) is 6.15. The number of fused-ring (bicyclic) bond motifs is 1. The number of methoxy groups -OCH3 is 1. The molecule has 0 bridgehead atoms. The molecule has 1 aliphatic heterocycles. The quantitative estimate of drug-likeness (QED) is 0.345. The van der Waals surface area contributed by atoms with Crippen LogP contribution < -0.4 is 10.6 Å². The van der Waals surface area contributed by atoms with Crippen LogP contribution in [-0.2, 0) is 37.3 Å². The largest absolute Gasteiger partial charge is 0.377 e. The fraction of sp³-hybridized carbons (Fsp3) is 0.611. The Morgan fingerprint density at radius 2 is 2.19 bits per heavy atom. The minimum absolute atomic E-state index is 0. The number of aryl methyl sites for hydroxylation is 2. The van der Waals surface area contributed by atoms with Crippen molar-refractivity contribution in [1.29, 1.82) is 0 Å². The molecule has 0 spiro atoms. The highest BCUT2D eigenvalue weighted by Gasteiger charge is 2.22. The Hall–Kier alpha value is -1.20. The third-order valence-corrected chi connectivity index (χ3v) is 5.53. The molecule has 150 valence electrons. The van der Waals surface area contributed by atoms with E-state index in [1.165, 1.54) is 9.75 Å². The molecule has 2 aromatic heterocycles. The van der Waals surface area contributed by atoms with Crippen molar-refractivity contribution >= 4 is 41.3 Å². The van der Waals surface area contributed by atoms with E-state index < -0.39 is 0 Å². The number of thiophene rings is 1. The molecule has 0 aromatic carbocycles. The number of rotatable bonds is 7. The van der Waals surface area contributed by atoms with E-state index in [4.69, 9.17) is 9.73 Å². The Morgan fingerprint density at radius 3 is 2.89 bits per heavy atom. The van der Waals surface area contributed by atoms with Gasteiger partial charge in [0.05, 0.1) is 13.1 Å². The molecule has 27 heavy (non-hydrogen) atoms. The molecule has 0 aliphatic carbocycles. The van der Waals surface area contributed by atoms with Crippen molar-refractivity contribution in [3.05, 3.63) is 33.5 Å². The fourth-order valence-corrected chi connectivity index (χ4v) is 3.92. The molecule has 2 N–H and O–H groups in total. The van der Waals surface area contributed by atoms with Gasteiger partial charge in [0.1, 0.15) is 12.4 Å². The number of ether oxygens (including phenoxy) is 1. The fourth-order valence-electron chi connectivity index (χ4n) is 3.04. The second kappa shape index (κ2) is 11.0. The second-order valence-electron chi connectivity index (χ2n) is 6.36. The van der Waals surface area contributed by atoms with Crippen molar-refractivity contribution in [2.75, 3.05) is 13.7 Å². The van der Waals surface area contributed by atoms with E-state index in [1.54, 1.807) is 7.11 Å². The first-order valence-corrected chi connectivity index (χ1v) is 10.1. The summed E-state index contributed by atoms with van der Waals surface area (Å²) in [4.78, 5) is 12.0. The molecule has 0 amide bonds. The van der Waals surface area contributed by atoms with Gasteiger partial charge < -0.3 is 15.4 Å². The van der Waals surface area contributed by atoms with E-state index in [2.05, 4.69) is 46.7 Å². The van der Waals surface area contributed by atoms with Gasteiger partial charge in [-0.2, -0.15) is 5.10 Å². The zero-order chi connectivity index (χ0) is 18.4. The van der Waals surface area contributed by atoms with Gasteiger partial charge in [0.15, 0.2) is 11.8 Å². The predicted octanol–water partition coefficient (Wildman–Crippen LogP) is 2.74. The Bertz CT molecular complexity index is 744. The van der Waals surface area contributed by atoms with E-state index in [0.29, 0.717) is 19.2 Å². The number of halogens is 1. The number of hydrogen-bond donors (Lipinski definition) is 2. The van der Waals surface area contributed by atoms with Crippen LogP contribution in [0, 0.1) is 0 Å². The van der Waals surface area contributed by atoms with Gasteiger partial charge in [0, 0.05) is 35.9 Å². The Morgan fingerprint density at radius 1 is 1.37 bits per heavy atom. The zero-order valence-electron chi connectivity index (χ0n) is 16.2. The van der Waals surface area contributed by atoms with Crippen molar-refractivity contribution in [2.45, 2.75) is 58.8 Å². The van der Waals surface area contributed by atoms with Crippen LogP contribution in [0.4, 0.5) is 0 Å². The molecule has 0 saturated heterocycles. The summed E-state index contributed by atoms with van der Waals surface area (Å²) in [5, 5.41) is 11.4. The lowest BCUT2D eigenvalue weighted by Gasteiger charge is -2.25. The average molecular weight is 504 g/mol. The highest BCUT2D eigenvalue weighted by molar-refractivity contribution is 14.0. The van der Waals surface area contributed by atoms with Gasteiger partial charge in [-0.15, -0.1) is 35.3 Å². The minimum Gasteiger partial charge on any atom is -0.377 e. The Kier molecular flexibility index (Phi) is 8.97. The van der Waals surface area contributed by atoms with E-state index in [1.807, 2.05) is 16.0 Å². The van der Waals surface area contributed by atoms with Crippen molar-refractivity contribution in [2.24, 2.45) is 4.99 Å². The molecule has 7 nitrogen and oxygen atoms in total. The monoisotopic (exact) mass is 504 g/mol. The molecule has 1 aliphatic rings. The van der Waals surface area contributed by atoms with E-state index >= 15 is 0 Å². The van der Waals surface area contributed by atoms with Crippen molar-refractivity contribution in [3.63, 3.8) is 0 Å². The Balaban J connectivity index is 0.00000261. The smallest absolute Gasteiger partial charge is 0.191 e. The van der Waals surface area contributed by atoms with Gasteiger partial charge >= 0.3 is 0 Å². The summed E-state index contributed by atoms with van der Waals surface area (Å²) in [6.07, 6.45) is 3.02. The summed E-state index contributed by atoms with van der Waals surface area (Å²) in [6.45, 7) is 7.09. The molecule has 0 radical (unpaired) electrons. The molecular weight excluding hydrogens is 475 g/mol. The van der Waals surface area contributed by atoms with Crippen molar-refractivity contribution in [1.82, 2.24) is 25.4 Å². The number of hydrogen-bond acceptors (Lipinski definition) is 5. The molecule has 1 unspecified atom stereocenters. The van der Waals surface area contributed by atoms with Gasteiger partial charge in [-0.1, -0.05) is 6.92 Å². The van der Waals surface area contributed by atoms with Crippen molar-refractivity contribution in [3.8, 4) is 0 Å². The lowest BCUT2D eigenvalue weighted by molar-refractivity contribution is 0.177. The van der Waals surface area contributed by atoms with E-state index in [0.717, 1.165) is 50.0 Å². The highest BCUT2D eigenvalue weighted by Crippen LogP contribution is 2.18. The van der Waals surface area contributed by atoms with Crippen LogP contribution in [0.15, 0.2) is 17.1 Å². The minimum atomic E-state index is 0. The molecule has 3 rings (SSSR count). The maximum atomic E-state index is 5.13. The average Bonchev–Trinajstić information content (AvgIpc) is 3.26. The normalized spacial score (nSPS) is 16.6. The first kappa shape index (κ1) is 22.1. The number of guanidine groups is 1. The summed E-state index contributed by atoms with van der Waals surface area (Å²) < 4.78 is 7.12. The summed E-state index contributed by atoms with van der Waals surface area (Å²) >= 11 is 1.84. The number of nitrogens with one attached hydrogen (secondary N) is 2. The van der Waals surface area contributed by atoms with E-state index in [-0.39, 0.29) is 24.0 Å². The highest BCUT2D eigenvalue weighted by atomic mass is 127. The maximum absolute atomic E-state index is 5.13. The summed E-state index contributed by atoms with van der Waals surface area (Å²) in [5.41, 5.74) is 0. The number of aliphatic imine (C=N–C) groups is 1. The van der Waals surface area contributed by atoms with Gasteiger partial charge in [0.25, 0.3) is 0 Å². The van der Waals surface area contributed by atoms with Crippen molar-refractivity contribution < 1.29 is 4.74 Å². The number of nitrogens with zero attached hydrogens (tertiary/aromatic N) is 4. The van der Waals surface area contributed by atoms with Crippen LogP contribution in [0.25, 0.3) is 0 Å². The maximum Gasteiger partial charge on any atom is 0.191 e. The summed E-state index contributed by atoms with van der Waals surface area (Å²) in [7, 11) is 1.67. The second-order valence-corrected chi connectivity index (χ2v) is 7.61. The Labute approximate surface area is 182 Å². The zero-order valence-corrected chi connectivity index (χ0v) is 19.3. The summed E-state index contributed by atoms with van der Waals surface area (Å²) in [5.74, 6) is 2.67. The van der Waals surface area contributed by atoms with Gasteiger partial charge in [0.2, 0.25) is 0 Å². The van der Waals surface area contributed by atoms with Gasteiger partial charge in [-0.05, 0) is 31.9 Å². The van der Waals surface area contributed by atoms with Crippen LogP contribution in [0.3, 0.4) is 0 Å². The molecular formula is C18H29IN6OS. The predicted molar refractivity (Wildman–Crippen MR) is 120 cm³/mol. The SMILES string of the molecule is CCNC(=NCc1ccc(CC)s1)NC1CCc2nc(COC)nn2C1.I. The van der Waals surface area contributed by atoms with Crippen LogP contribution in [0.1, 0.15) is 41.7 Å². The number of aromatic nitrogens is 3. The molecule has 0 saturated carbocycles. The molecule has 3 heterocycles. The molecule has 2 aromatic rings. The molecule has 1 atom stereocenters. The summed E-state index contributed by atoms with van der Waals surface area (Å²) in [6, 6.07) is 4.67. The van der Waals surface area contributed by atoms with E-state index in [9.17, 15) is 0 Å². The molecule has 9 heteroatoms. The van der Waals surface area contributed by atoms with Crippen LogP contribution in [-0.4, -0.2) is 40.4 Å².